The zero-order valence-corrected chi connectivity index (χ0v) is 18.9. The van der Waals surface area contributed by atoms with E-state index in [-0.39, 0.29) is 23.6 Å². The van der Waals surface area contributed by atoms with Crippen LogP contribution in [0, 0.1) is 0 Å². The SMILES string of the molecule is NC(=O)c1ccsc1NC(=O)COC(=O)[C@H](Cc1ccccc1)NC(=O)OCc1ccccc1. The quantitative estimate of drug-likeness (QED) is 0.381. The zero-order chi connectivity index (χ0) is 24.3. The zero-order valence-electron chi connectivity index (χ0n) is 18.1. The lowest BCUT2D eigenvalue weighted by atomic mass is 10.1. The van der Waals surface area contributed by atoms with Crippen molar-refractivity contribution >= 4 is 40.2 Å². The summed E-state index contributed by atoms with van der Waals surface area (Å²) in [6, 6.07) is 18.5. The number of nitrogens with one attached hydrogen (secondary N) is 2. The minimum atomic E-state index is -1.08. The summed E-state index contributed by atoms with van der Waals surface area (Å²) in [5, 5.41) is 6.85. The Bertz CT molecular complexity index is 1130. The number of esters is 1. The van der Waals surface area contributed by atoms with E-state index >= 15 is 0 Å². The molecule has 10 heteroatoms. The van der Waals surface area contributed by atoms with E-state index in [0.29, 0.717) is 0 Å². The van der Waals surface area contributed by atoms with E-state index in [1.165, 1.54) is 6.07 Å². The average molecular weight is 482 g/mol. The first-order valence-corrected chi connectivity index (χ1v) is 11.1. The van der Waals surface area contributed by atoms with Crippen molar-refractivity contribution in [3.8, 4) is 0 Å². The van der Waals surface area contributed by atoms with Gasteiger partial charge in [-0.2, -0.15) is 0 Å². The third kappa shape index (κ3) is 7.45. The predicted octanol–water partition coefficient (Wildman–Crippen LogP) is 2.87. The molecule has 9 nitrogen and oxygen atoms in total. The molecule has 34 heavy (non-hydrogen) atoms. The Balaban J connectivity index is 1.58. The molecule has 3 amide bonds. The van der Waals surface area contributed by atoms with Gasteiger partial charge in [-0.1, -0.05) is 60.7 Å². The van der Waals surface area contributed by atoms with E-state index in [1.807, 2.05) is 24.3 Å². The Kier molecular flexibility index (Phi) is 8.75. The number of hydrogen-bond acceptors (Lipinski definition) is 7. The molecule has 1 atom stereocenters. The molecule has 1 heterocycles. The van der Waals surface area contributed by atoms with E-state index < -0.39 is 36.5 Å². The van der Waals surface area contributed by atoms with Gasteiger partial charge in [0.1, 0.15) is 17.6 Å². The highest BCUT2D eigenvalue weighted by Gasteiger charge is 2.25. The molecule has 176 valence electrons. The van der Waals surface area contributed by atoms with E-state index in [0.717, 1.165) is 22.5 Å². The monoisotopic (exact) mass is 481 g/mol. The maximum atomic E-state index is 12.7. The van der Waals surface area contributed by atoms with Gasteiger partial charge in [0.15, 0.2) is 6.61 Å². The summed E-state index contributed by atoms with van der Waals surface area (Å²) >= 11 is 1.11. The van der Waals surface area contributed by atoms with Crippen molar-refractivity contribution in [3.63, 3.8) is 0 Å². The minimum Gasteiger partial charge on any atom is -0.454 e. The summed E-state index contributed by atoms with van der Waals surface area (Å²) in [5.41, 5.74) is 6.99. The summed E-state index contributed by atoms with van der Waals surface area (Å²) in [6.07, 6.45) is -0.658. The van der Waals surface area contributed by atoms with Gasteiger partial charge in [-0.3, -0.25) is 9.59 Å². The number of hydrogen-bond donors (Lipinski definition) is 3. The van der Waals surface area contributed by atoms with Gasteiger partial charge >= 0.3 is 12.1 Å². The van der Waals surface area contributed by atoms with E-state index in [2.05, 4.69) is 10.6 Å². The second-order valence-corrected chi connectivity index (χ2v) is 8.05. The molecule has 0 saturated carbocycles. The van der Waals surface area contributed by atoms with Crippen LogP contribution in [0.25, 0.3) is 0 Å². The molecule has 0 fully saturated rings. The lowest BCUT2D eigenvalue weighted by molar-refractivity contribution is -0.149. The van der Waals surface area contributed by atoms with Crippen LogP contribution in [0.1, 0.15) is 21.5 Å². The van der Waals surface area contributed by atoms with Crippen LogP contribution < -0.4 is 16.4 Å². The largest absolute Gasteiger partial charge is 0.454 e. The molecule has 2 aromatic carbocycles. The first-order valence-electron chi connectivity index (χ1n) is 10.3. The summed E-state index contributed by atoms with van der Waals surface area (Å²) in [6.45, 7) is -0.577. The molecule has 0 unspecified atom stereocenters. The highest BCUT2D eigenvalue weighted by Crippen LogP contribution is 2.22. The molecule has 0 aliphatic carbocycles. The second-order valence-electron chi connectivity index (χ2n) is 7.13. The van der Waals surface area contributed by atoms with Gasteiger partial charge in [-0.25, -0.2) is 9.59 Å². The summed E-state index contributed by atoms with van der Waals surface area (Å²) in [7, 11) is 0. The molecule has 0 spiro atoms. The molecule has 1 aromatic heterocycles. The summed E-state index contributed by atoms with van der Waals surface area (Å²) in [5.74, 6) is -2.14. The number of nitrogens with two attached hydrogens (primary N) is 1. The smallest absolute Gasteiger partial charge is 0.408 e. The Morgan fingerprint density at radius 2 is 1.53 bits per heavy atom. The fourth-order valence-corrected chi connectivity index (χ4v) is 3.76. The van der Waals surface area contributed by atoms with Gasteiger partial charge < -0.3 is 25.8 Å². The van der Waals surface area contributed by atoms with Crippen LogP contribution in [-0.4, -0.2) is 36.5 Å². The van der Waals surface area contributed by atoms with E-state index in [1.54, 1.807) is 41.8 Å². The van der Waals surface area contributed by atoms with Crippen LogP contribution in [0.2, 0.25) is 0 Å². The maximum absolute atomic E-state index is 12.7. The van der Waals surface area contributed by atoms with Crippen LogP contribution in [-0.2, 0) is 32.1 Å². The van der Waals surface area contributed by atoms with Crippen molar-refractivity contribution in [2.24, 2.45) is 5.73 Å². The number of alkyl carbamates (subject to hydrolysis) is 1. The predicted molar refractivity (Wildman–Crippen MR) is 126 cm³/mol. The van der Waals surface area contributed by atoms with Gasteiger partial charge in [0, 0.05) is 6.42 Å². The van der Waals surface area contributed by atoms with Crippen molar-refractivity contribution < 1.29 is 28.7 Å². The van der Waals surface area contributed by atoms with Crippen LogP contribution in [0.15, 0.2) is 72.1 Å². The highest BCUT2D eigenvalue weighted by atomic mass is 32.1. The first-order chi connectivity index (χ1) is 16.4. The Morgan fingerprint density at radius 1 is 0.882 bits per heavy atom. The van der Waals surface area contributed by atoms with Gasteiger partial charge in [0.05, 0.1) is 5.56 Å². The normalized spacial score (nSPS) is 11.2. The topological polar surface area (TPSA) is 137 Å². The lowest BCUT2D eigenvalue weighted by Gasteiger charge is -2.18. The number of ether oxygens (including phenoxy) is 2. The average Bonchev–Trinajstić information content (AvgIpc) is 3.30. The number of primary amides is 1. The molecule has 0 bridgehead atoms. The van der Waals surface area contributed by atoms with E-state index in [4.69, 9.17) is 15.2 Å². The molecular formula is C24H23N3O6S. The van der Waals surface area contributed by atoms with Crippen LogP contribution in [0.5, 0.6) is 0 Å². The molecule has 0 aliphatic heterocycles. The number of carbonyl (C=O) groups excluding carboxylic acids is 4. The van der Waals surface area contributed by atoms with Crippen molar-refractivity contribution in [3.05, 3.63) is 88.8 Å². The third-order valence-electron chi connectivity index (χ3n) is 4.60. The number of benzene rings is 2. The molecular weight excluding hydrogens is 458 g/mol. The van der Waals surface area contributed by atoms with Gasteiger partial charge in [-0.05, 0) is 22.6 Å². The van der Waals surface area contributed by atoms with Crippen molar-refractivity contribution in [1.82, 2.24) is 5.32 Å². The van der Waals surface area contributed by atoms with Crippen molar-refractivity contribution in [2.45, 2.75) is 19.1 Å². The number of amides is 3. The molecule has 0 aliphatic rings. The molecule has 4 N–H and O–H groups in total. The number of thiophene rings is 1. The van der Waals surface area contributed by atoms with Crippen molar-refractivity contribution in [2.75, 3.05) is 11.9 Å². The van der Waals surface area contributed by atoms with Crippen LogP contribution in [0.4, 0.5) is 9.80 Å². The van der Waals surface area contributed by atoms with Crippen molar-refractivity contribution in [1.29, 1.82) is 0 Å². The highest BCUT2D eigenvalue weighted by molar-refractivity contribution is 7.14. The maximum Gasteiger partial charge on any atom is 0.408 e. The Morgan fingerprint density at radius 3 is 2.18 bits per heavy atom. The van der Waals surface area contributed by atoms with Gasteiger partial charge in [-0.15, -0.1) is 11.3 Å². The lowest BCUT2D eigenvalue weighted by Crippen LogP contribution is -2.44. The van der Waals surface area contributed by atoms with E-state index in [9.17, 15) is 19.2 Å². The Labute approximate surface area is 199 Å². The van der Waals surface area contributed by atoms with Gasteiger partial charge in [0.25, 0.3) is 11.8 Å². The summed E-state index contributed by atoms with van der Waals surface area (Å²) in [4.78, 5) is 48.6. The number of carbonyl (C=O) groups is 4. The van der Waals surface area contributed by atoms with Crippen LogP contribution >= 0.6 is 11.3 Å². The molecule has 0 radical (unpaired) electrons. The summed E-state index contributed by atoms with van der Waals surface area (Å²) < 4.78 is 10.3. The third-order valence-corrected chi connectivity index (χ3v) is 5.43. The molecule has 0 saturated heterocycles. The molecule has 3 rings (SSSR count). The standard InChI is InChI=1S/C24H23N3O6S/c25-21(29)18-11-12-34-22(18)27-20(28)15-32-23(30)19(13-16-7-3-1-4-8-16)26-24(31)33-14-17-9-5-2-6-10-17/h1-12,19H,13-15H2,(H2,25,29)(H,26,31)(H,27,28)/t19-/m0/s1. The fraction of sp³-hybridized carbons (Fsp3) is 0.167. The minimum absolute atomic E-state index is 0.0329. The Hall–Kier alpha value is -4.18. The van der Waals surface area contributed by atoms with Crippen LogP contribution in [0.3, 0.4) is 0 Å². The number of rotatable bonds is 10. The number of anilines is 1. The van der Waals surface area contributed by atoms with Gasteiger partial charge in [0.2, 0.25) is 0 Å². The first kappa shape index (κ1) is 24.5. The second kappa shape index (κ2) is 12.2. The molecule has 3 aromatic rings. The fourth-order valence-electron chi connectivity index (χ4n) is 2.95.